The van der Waals surface area contributed by atoms with Gasteiger partial charge in [0.1, 0.15) is 0 Å². The first-order valence-electron chi connectivity index (χ1n) is 9.19. The number of carbonyl (C=O) groups is 1. The molecule has 0 saturated carbocycles. The molecule has 3 rings (SSSR count). The smallest absolute Gasteiger partial charge is 0.338 e. The first kappa shape index (κ1) is 20.0. The molecule has 1 heterocycles. The quantitative estimate of drug-likeness (QED) is 0.559. The molecule has 7 nitrogen and oxygen atoms in total. The first-order valence-corrected chi connectivity index (χ1v) is 10.7. The molecule has 1 N–H and O–H groups in total. The Morgan fingerprint density at radius 1 is 1.07 bits per heavy atom. The zero-order chi connectivity index (χ0) is 20.0. The average molecular weight is 405 g/mol. The van der Waals surface area contributed by atoms with Gasteiger partial charge in [0.2, 0.25) is 0 Å². The summed E-state index contributed by atoms with van der Waals surface area (Å²) in [5.41, 5.74) is 0.715. The highest BCUT2D eigenvalue weighted by Crippen LogP contribution is 2.32. The highest BCUT2D eigenvalue weighted by atomic mass is 32.2. The minimum atomic E-state index is -3.81. The fourth-order valence-electron chi connectivity index (χ4n) is 2.59. The molecule has 0 radical (unpaired) electrons. The third-order valence-electron chi connectivity index (χ3n) is 4.13. The van der Waals surface area contributed by atoms with Crippen molar-refractivity contribution in [3.63, 3.8) is 0 Å². The Morgan fingerprint density at radius 3 is 2.50 bits per heavy atom. The van der Waals surface area contributed by atoms with E-state index in [1.54, 1.807) is 6.07 Å². The number of benzene rings is 2. The third kappa shape index (κ3) is 4.95. The van der Waals surface area contributed by atoms with Crippen LogP contribution in [0, 0.1) is 0 Å². The molecule has 0 fully saturated rings. The van der Waals surface area contributed by atoms with Crippen LogP contribution in [0.4, 0.5) is 5.69 Å². The molecule has 150 valence electrons. The van der Waals surface area contributed by atoms with Gasteiger partial charge in [0.15, 0.2) is 11.5 Å². The number of nitrogens with one attached hydrogen (secondary N) is 1. The van der Waals surface area contributed by atoms with Crippen molar-refractivity contribution >= 4 is 21.7 Å². The summed E-state index contributed by atoms with van der Waals surface area (Å²) in [4.78, 5) is 12.0. The minimum Gasteiger partial charge on any atom is -0.490 e. The first-order chi connectivity index (χ1) is 13.5. The number of anilines is 1. The van der Waals surface area contributed by atoms with E-state index in [4.69, 9.17) is 14.2 Å². The Hall–Kier alpha value is -2.74. The maximum atomic E-state index is 12.7. The van der Waals surface area contributed by atoms with Crippen molar-refractivity contribution in [1.82, 2.24) is 0 Å². The zero-order valence-electron chi connectivity index (χ0n) is 15.6. The molecule has 0 unspecified atom stereocenters. The van der Waals surface area contributed by atoms with Crippen LogP contribution in [-0.4, -0.2) is 34.2 Å². The number of ether oxygens (including phenoxy) is 3. The molecule has 8 heteroatoms. The molecule has 0 bridgehead atoms. The van der Waals surface area contributed by atoms with Crippen LogP contribution in [0.2, 0.25) is 0 Å². The Kier molecular flexibility index (Phi) is 6.41. The van der Waals surface area contributed by atoms with Crippen molar-refractivity contribution in [3.05, 3.63) is 48.0 Å². The second kappa shape index (κ2) is 8.97. The third-order valence-corrected chi connectivity index (χ3v) is 5.51. The fourth-order valence-corrected chi connectivity index (χ4v) is 3.67. The molecule has 0 atom stereocenters. The highest BCUT2D eigenvalue weighted by molar-refractivity contribution is 7.92. The van der Waals surface area contributed by atoms with Crippen LogP contribution < -0.4 is 14.2 Å². The minimum absolute atomic E-state index is 0.0693. The van der Waals surface area contributed by atoms with E-state index in [1.807, 2.05) is 6.92 Å². The van der Waals surface area contributed by atoms with Crippen molar-refractivity contribution in [2.45, 2.75) is 31.1 Å². The molecule has 0 aromatic heterocycles. The van der Waals surface area contributed by atoms with Gasteiger partial charge in [0, 0.05) is 18.2 Å². The van der Waals surface area contributed by atoms with E-state index < -0.39 is 16.0 Å². The summed E-state index contributed by atoms with van der Waals surface area (Å²) in [6.07, 6.45) is 2.48. The summed E-state index contributed by atoms with van der Waals surface area (Å²) in [5, 5.41) is 0. The van der Waals surface area contributed by atoms with Gasteiger partial charge in [-0.1, -0.05) is 13.3 Å². The molecular weight excluding hydrogens is 382 g/mol. The van der Waals surface area contributed by atoms with E-state index in [9.17, 15) is 13.2 Å². The van der Waals surface area contributed by atoms with Gasteiger partial charge in [0.25, 0.3) is 10.0 Å². The van der Waals surface area contributed by atoms with Crippen LogP contribution in [0.25, 0.3) is 0 Å². The largest absolute Gasteiger partial charge is 0.490 e. The normalized spacial score (nSPS) is 13.5. The zero-order valence-corrected chi connectivity index (χ0v) is 16.5. The lowest BCUT2D eigenvalue weighted by Crippen LogP contribution is -2.13. The van der Waals surface area contributed by atoms with E-state index in [2.05, 4.69) is 4.72 Å². The molecule has 0 saturated heterocycles. The number of unbranched alkanes of at least 4 members (excludes halogenated alkanes) is 1. The maximum Gasteiger partial charge on any atom is 0.338 e. The second-order valence-electron chi connectivity index (χ2n) is 6.33. The van der Waals surface area contributed by atoms with Crippen LogP contribution in [0.5, 0.6) is 11.5 Å². The van der Waals surface area contributed by atoms with Crippen molar-refractivity contribution < 1.29 is 27.4 Å². The summed E-state index contributed by atoms with van der Waals surface area (Å²) in [6, 6.07) is 10.6. The summed E-state index contributed by atoms with van der Waals surface area (Å²) >= 11 is 0. The summed E-state index contributed by atoms with van der Waals surface area (Å²) in [5.74, 6) is 0.513. The fraction of sp³-hybridized carbons (Fsp3) is 0.350. The number of sulfonamides is 1. The molecule has 1 aliphatic heterocycles. The summed E-state index contributed by atoms with van der Waals surface area (Å²) in [6.45, 7) is 3.39. The second-order valence-corrected chi connectivity index (χ2v) is 8.01. The van der Waals surface area contributed by atoms with Gasteiger partial charge in [-0.3, -0.25) is 4.72 Å². The molecule has 0 amide bonds. The maximum absolute atomic E-state index is 12.7. The van der Waals surface area contributed by atoms with Gasteiger partial charge < -0.3 is 14.2 Å². The standard InChI is InChI=1S/C20H23NO6S/c1-2-3-11-27-20(22)15-5-7-16(8-6-15)21-28(23,24)17-9-10-18-19(14-17)26-13-4-12-25-18/h5-10,14,21H,2-4,11-13H2,1H3. The molecule has 2 aromatic carbocycles. The topological polar surface area (TPSA) is 90.9 Å². The van der Waals surface area contributed by atoms with Gasteiger partial charge in [-0.05, 0) is 42.8 Å². The van der Waals surface area contributed by atoms with Crippen LogP contribution in [0.3, 0.4) is 0 Å². The average Bonchev–Trinajstić information content (AvgIpc) is 2.93. The van der Waals surface area contributed by atoms with Crippen molar-refractivity contribution in [2.75, 3.05) is 24.5 Å². The van der Waals surface area contributed by atoms with Gasteiger partial charge in [0.05, 0.1) is 30.3 Å². The lowest BCUT2D eigenvalue weighted by atomic mass is 10.2. The lowest BCUT2D eigenvalue weighted by molar-refractivity contribution is 0.0500. The Bertz CT molecular complexity index is 924. The highest BCUT2D eigenvalue weighted by Gasteiger charge is 2.19. The predicted molar refractivity (Wildman–Crippen MR) is 104 cm³/mol. The number of carbonyl (C=O) groups excluding carboxylic acids is 1. The van der Waals surface area contributed by atoms with Crippen molar-refractivity contribution in [3.8, 4) is 11.5 Å². The van der Waals surface area contributed by atoms with Crippen LogP contribution >= 0.6 is 0 Å². The molecule has 1 aliphatic rings. The molecule has 0 aliphatic carbocycles. The van der Waals surface area contributed by atoms with E-state index in [0.29, 0.717) is 42.6 Å². The monoisotopic (exact) mass is 405 g/mol. The van der Waals surface area contributed by atoms with E-state index in [-0.39, 0.29) is 4.90 Å². The van der Waals surface area contributed by atoms with Gasteiger partial charge in [-0.15, -0.1) is 0 Å². The number of hydrogen-bond donors (Lipinski definition) is 1. The van der Waals surface area contributed by atoms with Gasteiger partial charge in [-0.2, -0.15) is 0 Å². The Balaban J connectivity index is 1.70. The molecule has 0 spiro atoms. The SMILES string of the molecule is CCCCOC(=O)c1ccc(NS(=O)(=O)c2ccc3c(c2)OCCCO3)cc1. The Labute approximate surface area is 164 Å². The number of rotatable bonds is 7. The predicted octanol–water partition coefficient (Wildman–Crippen LogP) is 3.61. The van der Waals surface area contributed by atoms with Crippen LogP contribution in [0.15, 0.2) is 47.4 Å². The molecule has 28 heavy (non-hydrogen) atoms. The number of esters is 1. The van der Waals surface area contributed by atoms with Crippen molar-refractivity contribution in [2.24, 2.45) is 0 Å². The van der Waals surface area contributed by atoms with Crippen LogP contribution in [-0.2, 0) is 14.8 Å². The van der Waals surface area contributed by atoms with Gasteiger partial charge >= 0.3 is 5.97 Å². The van der Waals surface area contributed by atoms with E-state index in [0.717, 1.165) is 19.3 Å². The number of hydrogen-bond acceptors (Lipinski definition) is 6. The summed E-state index contributed by atoms with van der Waals surface area (Å²) < 4.78 is 44.0. The van der Waals surface area contributed by atoms with E-state index in [1.165, 1.54) is 36.4 Å². The number of fused-ring (bicyclic) bond motifs is 1. The van der Waals surface area contributed by atoms with Crippen LogP contribution in [0.1, 0.15) is 36.5 Å². The van der Waals surface area contributed by atoms with Gasteiger partial charge in [-0.25, -0.2) is 13.2 Å². The van der Waals surface area contributed by atoms with Crippen molar-refractivity contribution in [1.29, 1.82) is 0 Å². The molecular formula is C20H23NO6S. The summed E-state index contributed by atoms with van der Waals surface area (Å²) in [7, 11) is -3.81. The molecule has 2 aromatic rings. The Morgan fingerprint density at radius 2 is 1.79 bits per heavy atom. The lowest BCUT2D eigenvalue weighted by Gasteiger charge is -2.12. The van der Waals surface area contributed by atoms with E-state index >= 15 is 0 Å².